The zero-order valence-electron chi connectivity index (χ0n) is 9.13. The highest BCUT2D eigenvalue weighted by Crippen LogP contribution is 2.48. The molecule has 0 radical (unpaired) electrons. The van der Waals surface area contributed by atoms with Crippen LogP contribution < -0.4 is 5.73 Å². The van der Waals surface area contributed by atoms with Gasteiger partial charge in [0.1, 0.15) is 0 Å². The number of alkyl halides is 3. The predicted molar refractivity (Wildman–Crippen MR) is 53.7 cm³/mol. The normalized spacial score (nSPS) is 35.8. The van der Waals surface area contributed by atoms with Crippen molar-refractivity contribution in [3.63, 3.8) is 0 Å². The predicted octanol–water partition coefficient (Wildman–Crippen LogP) is 2.21. The first-order valence-corrected chi connectivity index (χ1v) is 5.86. The van der Waals surface area contributed by atoms with E-state index in [1.54, 1.807) is 0 Å². The van der Waals surface area contributed by atoms with E-state index in [2.05, 4.69) is 0 Å². The molecule has 0 amide bonds. The maximum absolute atomic E-state index is 12.3. The van der Waals surface area contributed by atoms with E-state index in [-0.39, 0.29) is 5.54 Å². The maximum atomic E-state index is 12.3. The highest BCUT2D eigenvalue weighted by atomic mass is 19.4. The fourth-order valence-corrected chi connectivity index (χ4v) is 2.83. The molecule has 0 aromatic heterocycles. The molecule has 2 saturated carbocycles. The number of nitrogens with two attached hydrogens (primary N) is 1. The molecule has 1 atom stereocenters. The minimum Gasteiger partial charge on any atom is -0.383 e. The zero-order chi connectivity index (χ0) is 12.0. The molecular formula is C11H18F3NO. The number of hydrogen-bond donors (Lipinski definition) is 2. The first kappa shape index (κ1) is 12.2. The first-order chi connectivity index (χ1) is 7.33. The van der Waals surface area contributed by atoms with E-state index in [9.17, 15) is 13.2 Å². The molecule has 2 nitrogen and oxygen atoms in total. The molecule has 0 spiro atoms. The zero-order valence-corrected chi connectivity index (χ0v) is 9.13. The van der Waals surface area contributed by atoms with Crippen molar-refractivity contribution in [2.45, 2.75) is 56.3 Å². The van der Waals surface area contributed by atoms with Crippen LogP contribution in [0, 0.1) is 11.8 Å². The summed E-state index contributed by atoms with van der Waals surface area (Å²) >= 11 is 0. The Labute approximate surface area is 93.0 Å². The minimum absolute atomic E-state index is 0.0891. The summed E-state index contributed by atoms with van der Waals surface area (Å²) < 4.78 is 36.9. The lowest BCUT2D eigenvalue weighted by Crippen LogP contribution is -2.41. The van der Waals surface area contributed by atoms with Crippen molar-refractivity contribution in [2.24, 2.45) is 17.6 Å². The highest BCUT2D eigenvalue weighted by Gasteiger charge is 2.49. The molecule has 0 aromatic rings. The Hall–Kier alpha value is -0.290. The fourth-order valence-electron chi connectivity index (χ4n) is 2.83. The third-order valence-corrected chi connectivity index (χ3v) is 4.19. The summed E-state index contributed by atoms with van der Waals surface area (Å²) in [6.45, 7) is 0. The van der Waals surface area contributed by atoms with Crippen molar-refractivity contribution < 1.29 is 18.3 Å². The third-order valence-electron chi connectivity index (χ3n) is 4.19. The van der Waals surface area contributed by atoms with E-state index in [1.807, 2.05) is 0 Å². The molecule has 94 valence electrons. The lowest BCUT2D eigenvalue weighted by atomic mass is 9.75. The van der Waals surface area contributed by atoms with Crippen LogP contribution in [-0.4, -0.2) is 22.9 Å². The van der Waals surface area contributed by atoms with Gasteiger partial charge in [0.25, 0.3) is 0 Å². The lowest BCUT2D eigenvalue weighted by molar-refractivity contribution is -0.222. The van der Waals surface area contributed by atoms with E-state index in [0.717, 1.165) is 25.7 Å². The van der Waals surface area contributed by atoms with Gasteiger partial charge in [-0.1, -0.05) is 0 Å². The molecule has 0 bridgehead atoms. The highest BCUT2D eigenvalue weighted by molar-refractivity contribution is 5.05. The molecule has 0 saturated heterocycles. The molecule has 2 aliphatic rings. The molecule has 2 rings (SSSR count). The van der Waals surface area contributed by atoms with Crippen LogP contribution in [0.3, 0.4) is 0 Å². The molecule has 2 fully saturated rings. The van der Waals surface area contributed by atoms with Gasteiger partial charge < -0.3 is 10.8 Å². The van der Waals surface area contributed by atoms with Crippen LogP contribution in [0.15, 0.2) is 0 Å². The molecule has 0 heterocycles. The van der Waals surface area contributed by atoms with Gasteiger partial charge in [0.05, 0.1) is 0 Å². The van der Waals surface area contributed by atoms with Gasteiger partial charge in [0.2, 0.25) is 0 Å². The quantitative estimate of drug-likeness (QED) is 0.773. The summed E-state index contributed by atoms with van der Waals surface area (Å²) in [6.07, 6.45) is -2.26. The van der Waals surface area contributed by atoms with Gasteiger partial charge in [-0.25, -0.2) is 0 Å². The van der Waals surface area contributed by atoms with E-state index in [4.69, 9.17) is 10.8 Å². The molecule has 2 aliphatic carbocycles. The average molecular weight is 237 g/mol. The monoisotopic (exact) mass is 237 g/mol. The van der Waals surface area contributed by atoms with Crippen LogP contribution in [0.2, 0.25) is 0 Å². The van der Waals surface area contributed by atoms with Gasteiger partial charge >= 0.3 is 6.18 Å². The van der Waals surface area contributed by atoms with Gasteiger partial charge in [-0.3, -0.25) is 0 Å². The summed E-state index contributed by atoms with van der Waals surface area (Å²) in [5.74, 6) is -0.261. The first-order valence-electron chi connectivity index (χ1n) is 5.86. The largest absolute Gasteiger partial charge is 0.414 e. The van der Waals surface area contributed by atoms with E-state index in [1.165, 1.54) is 0 Å². The number of aliphatic hydroxyl groups excluding tert-OH is 1. The Bertz CT molecular complexity index is 254. The van der Waals surface area contributed by atoms with Crippen molar-refractivity contribution in [3.05, 3.63) is 0 Å². The number of aliphatic hydroxyl groups is 1. The molecule has 0 aliphatic heterocycles. The number of rotatable bonds is 2. The summed E-state index contributed by atoms with van der Waals surface area (Å²) in [4.78, 5) is 0. The van der Waals surface area contributed by atoms with Gasteiger partial charge in [-0.15, -0.1) is 0 Å². The second-order valence-electron chi connectivity index (χ2n) is 5.33. The summed E-state index contributed by atoms with van der Waals surface area (Å²) in [7, 11) is 0. The summed E-state index contributed by atoms with van der Waals surface area (Å²) in [5, 5.41) is 9.16. The Morgan fingerprint density at radius 3 is 2.00 bits per heavy atom. The van der Waals surface area contributed by atoms with Crippen molar-refractivity contribution in [2.75, 3.05) is 0 Å². The summed E-state index contributed by atoms with van der Waals surface area (Å²) in [6, 6.07) is 0. The van der Waals surface area contributed by atoms with Gasteiger partial charge in [0.15, 0.2) is 6.10 Å². The van der Waals surface area contributed by atoms with Crippen LogP contribution in [0.25, 0.3) is 0 Å². The second kappa shape index (κ2) is 3.88. The topological polar surface area (TPSA) is 46.2 Å². The second-order valence-corrected chi connectivity index (χ2v) is 5.33. The van der Waals surface area contributed by atoms with Crippen LogP contribution in [0.5, 0.6) is 0 Å². The maximum Gasteiger partial charge on any atom is 0.414 e. The van der Waals surface area contributed by atoms with E-state index < -0.39 is 18.2 Å². The van der Waals surface area contributed by atoms with E-state index >= 15 is 0 Å². The smallest absolute Gasteiger partial charge is 0.383 e. The van der Waals surface area contributed by atoms with Crippen molar-refractivity contribution in [1.29, 1.82) is 0 Å². The number of hydrogen-bond acceptors (Lipinski definition) is 2. The van der Waals surface area contributed by atoms with Crippen molar-refractivity contribution in [3.8, 4) is 0 Å². The Balaban J connectivity index is 1.85. The molecule has 1 unspecified atom stereocenters. The van der Waals surface area contributed by atoms with Gasteiger partial charge in [-0.2, -0.15) is 13.2 Å². The SMILES string of the molecule is NC1(C2CCC(C(O)C(F)(F)F)CC2)CC1. The summed E-state index contributed by atoms with van der Waals surface area (Å²) in [5.41, 5.74) is 5.95. The third kappa shape index (κ3) is 2.35. The molecule has 5 heteroatoms. The Kier molecular flexibility index (Phi) is 2.95. The van der Waals surface area contributed by atoms with Gasteiger partial charge in [0, 0.05) is 5.54 Å². The van der Waals surface area contributed by atoms with Crippen LogP contribution >= 0.6 is 0 Å². The Morgan fingerprint density at radius 2 is 1.62 bits per heavy atom. The fraction of sp³-hybridized carbons (Fsp3) is 1.00. The minimum atomic E-state index is -4.47. The van der Waals surface area contributed by atoms with Gasteiger partial charge in [-0.05, 0) is 50.4 Å². The van der Waals surface area contributed by atoms with Crippen molar-refractivity contribution >= 4 is 0 Å². The lowest BCUT2D eigenvalue weighted by Gasteiger charge is -2.34. The average Bonchev–Trinajstić information content (AvgIpc) is 2.96. The molecule has 16 heavy (non-hydrogen) atoms. The molecular weight excluding hydrogens is 219 g/mol. The molecule has 3 N–H and O–H groups in total. The van der Waals surface area contributed by atoms with Crippen LogP contribution in [-0.2, 0) is 0 Å². The number of halogens is 3. The molecule has 0 aromatic carbocycles. The van der Waals surface area contributed by atoms with E-state index in [0.29, 0.717) is 18.8 Å². The van der Waals surface area contributed by atoms with Crippen LogP contribution in [0.1, 0.15) is 38.5 Å². The standard InChI is InChI=1S/C11H18F3NO/c12-11(13,14)9(16)7-1-3-8(4-2-7)10(15)5-6-10/h7-9,16H,1-6,15H2. The van der Waals surface area contributed by atoms with Crippen LogP contribution in [0.4, 0.5) is 13.2 Å². The van der Waals surface area contributed by atoms with Crippen molar-refractivity contribution in [1.82, 2.24) is 0 Å². The Morgan fingerprint density at radius 1 is 1.12 bits per heavy atom.